The van der Waals surface area contributed by atoms with Gasteiger partial charge in [-0.2, -0.15) is 0 Å². The van der Waals surface area contributed by atoms with Gasteiger partial charge in [-0.1, -0.05) is 0 Å². The predicted molar refractivity (Wildman–Crippen MR) is 27.2 cm³/mol. The highest BCUT2D eigenvalue weighted by Gasteiger charge is 2.10. The van der Waals surface area contributed by atoms with Gasteiger partial charge in [-0.25, -0.2) is 8.78 Å². The Morgan fingerprint density at radius 1 is 1.33 bits per heavy atom. The Labute approximate surface area is 51.5 Å². The van der Waals surface area contributed by atoms with Crippen molar-refractivity contribution >= 4 is 0 Å². The molecule has 0 aliphatic carbocycles. The van der Waals surface area contributed by atoms with Crippen molar-refractivity contribution < 1.29 is 18.3 Å². The third-order valence-electron chi connectivity index (χ3n) is 0.893. The minimum absolute atomic E-state index is 0.190. The zero-order chi connectivity index (χ0) is 7.28. The van der Waals surface area contributed by atoms with Crippen LogP contribution in [0.2, 0.25) is 0 Å². The SMILES string of the molecule is OC(CCF)CC(F)F. The molecule has 0 amide bonds. The number of hydrogen-bond donors (Lipinski definition) is 1. The molecule has 0 spiro atoms. The first-order valence-electron chi connectivity index (χ1n) is 2.69. The van der Waals surface area contributed by atoms with Crippen molar-refractivity contribution in [1.82, 2.24) is 0 Å². The number of rotatable bonds is 4. The summed E-state index contributed by atoms with van der Waals surface area (Å²) in [6.07, 6.45) is -4.53. The molecule has 9 heavy (non-hydrogen) atoms. The Bertz CT molecular complexity index is 67.2. The molecular weight excluding hydrogens is 133 g/mol. The lowest BCUT2D eigenvalue weighted by Crippen LogP contribution is -2.11. The fourth-order valence-corrected chi connectivity index (χ4v) is 0.449. The summed E-state index contributed by atoms with van der Waals surface area (Å²) in [5.74, 6) is 0. The van der Waals surface area contributed by atoms with E-state index in [9.17, 15) is 13.2 Å². The van der Waals surface area contributed by atoms with Crippen LogP contribution in [0, 0.1) is 0 Å². The monoisotopic (exact) mass is 142 g/mol. The van der Waals surface area contributed by atoms with Gasteiger partial charge >= 0.3 is 0 Å². The van der Waals surface area contributed by atoms with Gasteiger partial charge in [-0.05, 0) is 0 Å². The molecule has 0 rings (SSSR count). The van der Waals surface area contributed by atoms with E-state index in [1.54, 1.807) is 0 Å². The molecule has 0 bridgehead atoms. The van der Waals surface area contributed by atoms with Gasteiger partial charge in [0.15, 0.2) is 0 Å². The van der Waals surface area contributed by atoms with Crippen molar-refractivity contribution in [3.8, 4) is 0 Å². The van der Waals surface area contributed by atoms with Crippen LogP contribution in [-0.2, 0) is 0 Å². The summed E-state index contributed by atoms with van der Waals surface area (Å²) in [4.78, 5) is 0. The van der Waals surface area contributed by atoms with Crippen LogP contribution in [0.4, 0.5) is 13.2 Å². The number of aliphatic hydroxyl groups is 1. The van der Waals surface area contributed by atoms with Crippen LogP contribution >= 0.6 is 0 Å². The van der Waals surface area contributed by atoms with Gasteiger partial charge in [0.25, 0.3) is 0 Å². The number of alkyl halides is 3. The third kappa shape index (κ3) is 5.62. The first-order chi connectivity index (χ1) is 4.16. The second-order valence-electron chi connectivity index (χ2n) is 1.76. The van der Waals surface area contributed by atoms with Crippen molar-refractivity contribution in [2.24, 2.45) is 0 Å². The molecule has 56 valence electrons. The van der Waals surface area contributed by atoms with E-state index >= 15 is 0 Å². The van der Waals surface area contributed by atoms with Crippen LogP contribution in [0.5, 0.6) is 0 Å². The Balaban J connectivity index is 3.15. The Morgan fingerprint density at radius 2 is 1.89 bits per heavy atom. The molecule has 1 unspecified atom stereocenters. The second kappa shape index (κ2) is 4.61. The smallest absolute Gasteiger partial charge is 0.241 e. The van der Waals surface area contributed by atoms with Crippen LogP contribution in [0.15, 0.2) is 0 Å². The van der Waals surface area contributed by atoms with Crippen molar-refractivity contribution in [3.05, 3.63) is 0 Å². The first kappa shape index (κ1) is 8.75. The minimum atomic E-state index is -2.54. The predicted octanol–water partition coefficient (Wildman–Crippen LogP) is 1.36. The zero-order valence-electron chi connectivity index (χ0n) is 4.86. The Morgan fingerprint density at radius 3 is 2.22 bits per heavy atom. The van der Waals surface area contributed by atoms with Crippen LogP contribution in [0.3, 0.4) is 0 Å². The first-order valence-corrected chi connectivity index (χ1v) is 2.69. The van der Waals surface area contributed by atoms with E-state index in [1.165, 1.54) is 0 Å². The average Bonchev–Trinajstić information content (AvgIpc) is 1.63. The van der Waals surface area contributed by atoms with Crippen molar-refractivity contribution in [3.63, 3.8) is 0 Å². The van der Waals surface area contributed by atoms with E-state index < -0.39 is 25.6 Å². The molecule has 1 atom stereocenters. The van der Waals surface area contributed by atoms with E-state index in [1.807, 2.05) is 0 Å². The van der Waals surface area contributed by atoms with Crippen molar-refractivity contribution in [2.45, 2.75) is 25.4 Å². The summed E-state index contributed by atoms with van der Waals surface area (Å²) in [6, 6.07) is 0. The molecule has 0 fully saturated rings. The van der Waals surface area contributed by atoms with Crippen molar-refractivity contribution in [2.75, 3.05) is 6.67 Å². The molecule has 0 aromatic carbocycles. The van der Waals surface area contributed by atoms with Gasteiger partial charge in [0.05, 0.1) is 12.8 Å². The van der Waals surface area contributed by atoms with E-state index in [4.69, 9.17) is 5.11 Å². The summed E-state index contributed by atoms with van der Waals surface area (Å²) < 4.78 is 33.9. The molecule has 0 saturated heterocycles. The quantitative estimate of drug-likeness (QED) is 0.628. The van der Waals surface area contributed by atoms with Crippen LogP contribution in [0.25, 0.3) is 0 Å². The van der Waals surface area contributed by atoms with Crippen LogP contribution in [-0.4, -0.2) is 24.3 Å². The number of hydrogen-bond acceptors (Lipinski definition) is 1. The molecular formula is C5H9F3O. The number of halogens is 3. The molecule has 1 N–H and O–H groups in total. The largest absolute Gasteiger partial charge is 0.393 e. The maximum atomic E-state index is 11.3. The summed E-state index contributed by atoms with van der Waals surface area (Å²) in [6.45, 7) is -0.742. The standard InChI is InChI=1S/C5H9F3O/c6-2-1-4(9)3-5(7)8/h4-5,9H,1-3H2. The minimum Gasteiger partial charge on any atom is -0.393 e. The maximum Gasteiger partial charge on any atom is 0.241 e. The molecule has 0 heterocycles. The lowest BCUT2D eigenvalue weighted by molar-refractivity contribution is 0.0540. The fourth-order valence-electron chi connectivity index (χ4n) is 0.449. The Hall–Kier alpha value is -0.250. The Kier molecular flexibility index (Phi) is 4.48. The highest BCUT2D eigenvalue weighted by atomic mass is 19.3. The van der Waals surface area contributed by atoms with Crippen LogP contribution in [0.1, 0.15) is 12.8 Å². The summed E-state index contributed by atoms with van der Waals surface area (Å²) in [7, 11) is 0. The van der Waals surface area contributed by atoms with E-state index in [-0.39, 0.29) is 6.42 Å². The molecule has 0 aromatic rings. The highest BCUT2D eigenvalue weighted by Crippen LogP contribution is 2.06. The zero-order valence-corrected chi connectivity index (χ0v) is 4.86. The topological polar surface area (TPSA) is 20.2 Å². The number of aliphatic hydroxyl groups excluding tert-OH is 1. The third-order valence-corrected chi connectivity index (χ3v) is 0.893. The normalized spacial score (nSPS) is 14.3. The average molecular weight is 142 g/mol. The van der Waals surface area contributed by atoms with E-state index in [0.717, 1.165) is 0 Å². The summed E-state index contributed by atoms with van der Waals surface area (Å²) in [5.41, 5.74) is 0. The molecule has 0 saturated carbocycles. The van der Waals surface area contributed by atoms with Crippen LogP contribution < -0.4 is 0 Å². The summed E-state index contributed by atoms with van der Waals surface area (Å²) in [5, 5.41) is 8.50. The molecule has 1 nitrogen and oxygen atoms in total. The van der Waals surface area contributed by atoms with Gasteiger partial charge in [-0.3, -0.25) is 4.39 Å². The molecule has 0 aliphatic heterocycles. The van der Waals surface area contributed by atoms with Crippen molar-refractivity contribution in [1.29, 1.82) is 0 Å². The maximum absolute atomic E-state index is 11.3. The highest BCUT2D eigenvalue weighted by molar-refractivity contribution is 4.55. The lowest BCUT2D eigenvalue weighted by Gasteiger charge is -2.05. The molecule has 0 aliphatic rings. The lowest BCUT2D eigenvalue weighted by atomic mass is 10.2. The fraction of sp³-hybridized carbons (Fsp3) is 1.00. The van der Waals surface area contributed by atoms with Gasteiger partial charge < -0.3 is 5.11 Å². The van der Waals surface area contributed by atoms with E-state index in [0.29, 0.717) is 0 Å². The van der Waals surface area contributed by atoms with Gasteiger partial charge in [0, 0.05) is 12.8 Å². The molecule has 0 aromatic heterocycles. The van der Waals surface area contributed by atoms with Gasteiger partial charge in [0.1, 0.15) is 0 Å². The summed E-state index contributed by atoms with van der Waals surface area (Å²) >= 11 is 0. The second-order valence-corrected chi connectivity index (χ2v) is 1.76. The van der Waals surface area contributed by atoms with Gasteiger partial charge in [0.2, 0.25) is 6.43 Å². The molecule has 0 radical (unpaired) electrons. The van der Waals surface area contributed by atoms with Gasteiger partial charge in [-0.15, -0.1) is 0 Å². The van der Waals surface area contributed by atoms with E-state index in [2.05, 4.69) is 0 Å². The molecule has 4 heteroatoms.